The number of rotatable bonds is 6. The molecule has 2 aromatic rings. The van der Waals surface area contributed by atoms with E-state index in [1.165, 1.54) is 6.07 Å². The first-order chi connectivity index (χ1) is 10.7. The molecule has 0 aliphatic rings. The van der Waals surface area contributed by atoms with E-state index in [4.69, 9.17) is 10.5 Å². The smallest absolute Gasteiger partial charge is 0.146 e. The predicted molar refractivity (Wildman–Crippen MR) is 95.6 cm³/mol. The SMILES string of the molecule is Cc1nn(COCC[Si](C)(C)C)c(C)c1-c1ccc(N)c(F)c1. The van der Waals surface area contributed by atoms with Crippen LogP contribution in [0.1, 0.15) is 11.4 Å². The maximum Gasteiger partial charge on any atom is 0.146 e. The summed E-state index contributed by atoms with van der Waals surface area (Å²) in [6.45, 7) is 12.1. The van der Waals surface area contributed by atoms with Crippen LogP contribution in [0.2, 0.25) is 25.7 Å². The molecule has 4 nitrogen and oxygen atoms in total. The van der Waals surface area contributed by atoms with Crippen LogP contribution >= 0.6 is 0 Å². The van der Waals surface area contributed by atoms with E-state index in [-0.39, 0.29) is 5.69 Å². The van der Waals surface area contributed by atoms with Gasteiger partial charge in [-0.25, -0.2) is 9.07 Å². The van der Waals surface area contributed by atoms with Gasteiger partial charge in [0.1, 0.15) is 12.5 Å². The van der Waals surface area contributed by atoms with Crippen LogP contribution < -0.4 is 5.73 Å². The molecule has 1 heterocycles. The van der Waals surface area contributed by atoms with E-state index in [1.807, 2.05) is 24.6 Å². The fraction of sp³-hybridized carbons (Fsp3) is 0.471. The second-order valence-corrected chi connectivity index (χ2v) is 12.8. The lowest BCUT2D eigenvalue weighted by molar-refractivity contribution is 0.0770. The van der Waals surface area contributed by atoms with Crippen molar-refractivity contribution in [3.8, 4) is 11.1 Å². The van der Waals surface area contributed by atoms with Crippen LogP contribution in [0, 0.1) is 19.7 Å². The molecular formula is C17H26FN3OSi. The van der Waals surface area contributed by atoms with Gasteiger partial charge in [-0.2, -0.15) is 5.10 Å². The van der Waals surface area contributed by atoms with Gasteiger partial charge in [-0.05, 0) is 37.6 Å². The Balaban J connectivity index is 2.14. The quantitative estimate of drug-likeness (QED) is 0.489. The standard InChI is InChI=1S/C17H26FN3OSi/c1-12-17(14-6-7-16(19)15(18)10-14)13(2)21(20-12)11-22-8-9-23(3,4)5/h6-7,10H,8-9,11,19H2,1-5H3. The number of anilines is 1. The van der Waals surface area contributed by atoms with Crippen LogP contribution in [0.15, 0.2) is 18.2 Å². The lowest BCUT2D eigenvalue weighted by atomic mass is 10.0. The van der Waals surface area contributed by atoms with E-state index in [9.17, 15) is 4.39 Å². The summed E-state index contributed by atoms with van der Waals surface area (Å²) in [4.78, 5) is 0. The zero-order valence-electron chi connectivity index (χ0n) is 14.6. The monoisotopic (exact) mass is 335 g/mol. The van der Waals surface area contributed by atoms with Gasteiger partial charge < -0.3 is 10.5 Å². The number of aryl methyl sites for hydroxylation is 1. The number of aromatic nitrogens is 2. The number of benzene rings is 1. The molecule has 23 heavy (non-hydrogen) atoms. The molecule has 0 atom stereocenters. The number of nitrogens with zero attached hydrogens (tertiary/aromatic N) is 2. The van der Waals surface area contributed by atoms with Gasteiger partial charge in [0.15, 0.2) is 0 Å². The summed E-state index contributed by atoms with van der Waals surface area (Å²) in [7, 11) is -1.09. The van der Waals surface area contributed by atoms with E-state index in [1.54, 1.807) is 6.07 Å². The Morgan fingerprint density at radius 3 is 2.57 bits per heavy atom. The minimum atomic E-state index is -1.09. The van der Waals surface area contributed by atoms with Crippen molar-refractivity contribution in [2.24, 2.45) is 0 Å². The maximum absolute atomic E-state index is 13.7. The molecule has 0 saturated carbocycles. The minimum Gasteiger partial charge on any atom is -0.396 e. The number of halogens is 1. The molecular weight excluding hydrogens is 309 g/mol. The average Bonchev–Trinajstić information content (AvgIpc) is 2.72. The summed E-state index contributed by atoms with van der Waals surface area (Å²) in [5.41, 5.74) is 9.28. The Hall–Kier alpha value is -1.66. The molecule has 2 rings (SSSR count). The molecule has 1 aromatic carbocycles. The molecule has 0 fully saturated rings. The van der Waals surface area contributed by atoms with E-state index >= 15 is 0 Å². The van der Waals surface area contributed by atoms with E-state index in [0.717, 1.165) is 35.2 Å². The summed E-state index contributed by atoms with van der Waals surface area (Å²) in [6, 6.07) is 6.00. The van der Waals surface area contributed by atoms with E-state index in [0.29, 0.717) is 6.73 Å². The molecule has 0 aliphatic carbocycles. The van der Waals surface area contributed by atoms with Gasteiger partial charge >= 0.3 is 0 Å². The van der Waals surface area contributed by atoms with Gasteiger partial charge in [0.25, 0.3) is 0 Å². The first-order valence-electron chi connectivity index (χ1n) is 7.86. The highest BCUT2D eigenvalue weighted by atomic mass is 28.3. The molecule has 0 aliphatic heterocycles. The fourth-order valence-corrected chi connectivity index (χ4v) is 3.21. The van der Waals surface area contributed by atoms with Crippen molar-refractivity contribution in [3.05, 3.63) is 35.4 Å². The second-order valence-electron chi connectivity index (χ2n) is 7.13. The Morgan fingerprint density at radius 2 is 1.96 bits per heavy atom. The molecule has 0 bridgehead atoms. The molecule has 126 valence electrons. The molecule has 0 radical (unpaired) electrons. The highest BCUT2D eigenvalue weighted by molar-refractivity contribution is 6.76. The molecule has 0 spiro atoms. The zero-order valence-corrected chi connectivity index (χ0v) is 15.6. The van der Waals surface area contributed by atoms with Crippen LogP contribution in [-0.2, 0) is 11.5 Å². The summed E-state index contributed by atoms with van der Waals surface area (Å²) in [5.74, 6) is -0.402. The zero-order chi connectivity index (χ0) is 17.2. The van der Waals surface area contributed by atoms with Crippen LogP contribution in [0.25, 0.3) is 11.1 Å². The normalized spacial score (nSPS) is 11.9. The number of hydrogen-bond acceptors (Lipinski definition) is 3. The van der Waals surface area contributed by atoms with Gasteiger partial charge in [-0.1, -0.05) is 25.7 Å². The fourth-order valence-electron chi connectivity index (χ4n) is 2.45. The van der Waals surface area contributed by atoms with Crippen molar-refractivity contribution in [1.29, 1.82) is 0 Å². The Kier molecular flexibility index (Phi) is 5.26. The highest BCUT2D eigenvalue weighted by Crippen LogP contribution is 2.29. The van der Waals surface area contributed by atoms with Crippen molar-refractivity contribution in [2.45, 2.75) is 46.3 Å². The highest BCUT2D eigenvalue weighted by Gasteiger charge is 2.16. The Labute approximate surface area is 138 Å². The molecule has 0 saturated heterocycles. The average molecular weight is 335 g/mol. The molecule has 6 heteroatoms. The van der Waals surface area contributed by atoms with E-state index in [2.05, 4.69) is 24.7 Å². The van der Waals surface area contributed by atoms with Gasteiger partial charge in [0.05, 0.1) is 11.4 Å². The minimum absolute atomic E-state index is 0.158. The maximum atomic E-state index is 13.7. The topological polar surface area (TPSA) is 53.1 Å². The second kappa shape index (κ2) is 6.84. The summed E-state index contributed by atoms with van der Waals surface area (Å²) in [6.07, 6.45) is 0. The van der Waals surface area contributed by atoms with Gasteiger partial charge in [-0.15, -0.1) is 0 Å². The van der Waals surface area contributed by atoms with Crippen molar-refractivity contribution >= 4 is 13.8 Å². The third kappa shape index (κ3) is 4.42. The summed E-state index contributed by atoms with van der Waals surface area (Å²) < 4.78 is 21.3. The first kappa shape index (κ1) is 17.7. The Bertz CT molecular complexity index is 692. The van der Waals surface area contributed by atoms with Gasteiger partial charge in [-0.3, -0.25) is 0 Å². The molecule has 2 N–H and O–H groups in total. The van der Waals surface area contributed by atoms with Crippen molar-refractivity contribution in [1.82, 2.24) is 9.78 Å². The number of hydrogen-bond donors (Lipinski definition) is 1. The molecule has 0 amide bonds. The lowest BCUT2D eigenvalue weighted by Gasteiger charge is -2.15. The van der Waals surface area contributed by atoms with Crippen molar-refractivity contribution in [3.63, 3.8) is 0 Å². The predicted octanol–water partition coefficient (Wildman–Crippen LogP) is 4.20. The van der Waals surface area contributed by atoms with Gasteiger partial charge in [0, 0.05) is 25.9 Å². The number of ether oxygens (including phenoxy) is 1. The van der Waals surface area contributed by atoms with Crippen LogP contribution in [0.5, 0.6) is 0 Å². The summed E-state index contributed by atoms with van der Waals surface area (Å²) >= 11 is 0. The van der Waals surface area contributed by atoms with Crippen molar-refractivity contribution < 1.29 is 9.13 Å². The van der Waals surface area contributed by atoms with Gasteiger partial charge in [0.2, 0.25) is 0 Å². The third-order valence-corrected chi connectivity index (χ3v) is 5.58. The van der Waals surface area contributed by atoms with Crippen LogP contribution in [0.4, 0.5) is 10.1 Å². The molecule has 0 unspecified atom stereocenters. The third-order valence-electron chi connectivity index (χ3n) is 3.88. The number of nitrogens with two attached hydrogens (primary N) is 1. The largest absolute Gasteiger partial charge is 0.396 e. The van der Waals surface area contributed by atoms with E-state index < -0.39 is 13.9 Å². The Morgan fingerprint density at radius 1 is 1.26 bits per heavy atom. The lowest BCUT2D eigenvalue weighted by Crippen LogP contribution is -2.22. The van der Waals surface area contributed by atoms with Crippen LogP contribution in [-0.4, -0.2) is 24.5 Å². The summed E-state index contributed by atoms with van der Waals surface area (Å²) in [5, 5.41) is 4.52. The number of nitrogen functional groups attached to an aromatic ring is 1. The first-order valence-corrected chi connectivity index (χ1v) is 11.6. The van der Waals surface area contributed by atoms with Crippen LogP contribution in [0.3, 0.4) is 0 Å². The molecule has 1 aromatic heterocycles. The van der Waals surface area contributed by atoms with Crippen molar-refractivity contribution in [2.75, 3.05) is 12.3 Å².